The average molecular weight is 622 g/mol. The second kappa shape index (κ2) is 11.4. The fraction of sp³-hybridized carbons (Fsp3) is 0. The predicted octanol–water partition coefficient (Wildman–Crippen LogP) is 11.8. The van der Waals surface area contributed by atoms with E-state index in [1.165, 1.54) is 32.7 Å². The lowest BCUT2D eigenvalue weighted by atomic mass is 9.85. The van der Waals surface area contributed by atoms with Crippen molar-refractivity contribution in [2.75, 3.05) is 0 Å². The molecule has 8 aromatic carbocycles. The third-order valence-electron chi connectivity index (χ3n) is 9.65. The number of aromatic nitrogens is 1. The lowest BCUT2D eigenvalue weighted by Gasteiger charge is -2.18. The summed E-state index contributed by atoms with van der Waals surface area (Å²) in [6, 6.07) is 61.4. The molecule has 0 saturated heterocycles. The molecule has 9 rings (SSSR count). The first-order valence-corrected chi connectivity index (χ1v) is 16.3. The van der Waals surface area contributed by atoms with Gasteiger partial charge in [0, 0.05) is 16.3 Å². The first-order valence-electron chi connectivity index (χ1n) is 16.3. The number of hydrogen-bond acceptors (Lipinski definition) is 2. The maximum atomic E-state index is 10.4. The Balaban J connectivity index is 1.31. The van der Waals surface area contributed by atoms with Gasteiger partial charge in [0.1, 0.15) is 6.07 Å². The number of hydrogen-bond donors (Lipinski definition) is 0. The van der Waals surface area contributed by atoms with Crippen LogP contribution in [-0.4, -0.2) is 4.57 Å². The van der Waals surface area contributed by atoms with Crippen molar-refractivity contribution in [1.82, 2.24) is 4.57 Å². The molecule has 3 heteroatoms. The van der Waals surface area contributed by atoms with Gasteiger partial charge in [0.05, 0.1) is 33.9 Å². The standard InChI is InChI=1S/C46H27N3/c47-28-33-26-34(29-48)44(49-42-23-10-8-17-35(42)36-18-9-11-24-43(36)49)27-41(33)31-15-12-16-32(25-31)46-39-21-6-4-19-37(39)45(30-13-2-1-3-14-30)38-20-5-7-22-40(38)46/h1-27H. The molecule has 0 amide bonds. The molecule has 0 spiro atoms. The Morgan fingerprint density at radius 2 is 0.816 bits per heavy atom. The van der Waals surface area contributed by atoms with Gasteiger partial charge in [0.25, 0.3) is 0 Å². The van der Waals surface area contributed by atoms with E-state index in [2.05, 4.69) is 144 Å². The molecule has 0 atom stereocenters. The summed E-state index contributed by atoms with van der Waals surface area (Å²) in [7, 11) is 0. The topological polar surface area (TPSA) is 52.5 Å². The van der Waals surface area contributed by atoms with E-state index in [9.17, 15) is 10.5 Å². The van der Waals surface area contributed by atoms with Gasteiger partial charge in [0.2, 0.25) is 0 Å². The van der Waals surface area contributed by atoms with Crippen molar-refractivity contribution in [1.29, 1.82) is 10.5 Å². The molecule has 9 aromatic rings. The lowest BCUT2D eigenvalue weighted by Crippen LogP contribution is -2.00. The molecule has 0 fully saturated rings. The van der Waals surface area contributed by atoms with E-state index in [0.717, 1.165) is 49.7 Å². The van der Waals surface area contributed by atoms with Crippen LogP contribution in [-0.2, 0) is 0 Å². The van der Waals surface area contributed by atoms with Crippen LogP contribution in [0, 0.1) is 22.7 Å². The Kier molecular flexibility index (Phi) is 6.58. The van der Waals surface area contributed by atoms with E-state index in [1.54, 1.807) is 6.07 Å². The largest absolute Gasteiger partial charge is 0.308 e. The Labute approximate surface area is 283 Å². The molecule has 49 heavy (non-hydrogen) atoms. The van der Waals surface area contributed by atoms with E-state index >= 15 is 0 Å². The quantitative estimate of drug-likeness (QED) is 0.184. The summed E-state index contributed by atoms with van der Waals surface area (Å²) in [5.41, 5.74) is 10.0. The molecule has 0 unspecified atom stereocenters. The Hall–Kier alpha value is -6.94. The van der Waals surface area contributed by atoms with Crippen LogP contribution in [0.3, 0.4) is 0 Å². The smallest absolute Gasteiger partial charge is 0.101 e. The zero-order valence-corrected chi connectivity index (χ0v) is 26.4. The first-order chi connectivity index (χ1) is 24.2. The van der Waals surface area contributed by atoms with Crippen LogP contribution in [0.5, 0.6) is 0 Å². The second-order valence-corrected chi connectivity index (χ2v) is 12.3. The molecule has 0 aliphatic carbocycles. The molecule has 226 valence electrons. The summed E-state index contributed by atoms with van der Waals surface area (Å²) < 4.78 is 2.15. The molecule has 0 aliphatic rings. The highest BCUT2D eigenvalue weighted by Crippen LogP contribution is 2.44. The van der Waals surface area contributed by atoms with Gasteiger partial charge in [-0.05, 0) is 79.7 Å². The lowest BCUT2D eigenvalue weighted by molar-refractivity contribution is 1.17. The summed E-state index contributed by atoms with van der Waals surface area (Å²) in [4.78, 5) is 0. The van der Waals surface area contributed by atoms with E-state index < -0.39 is 0 Å². The fourth-order valence-corrected chi connectivity index (χ4v) is 7.57. The number of benzene rings is 8. The van der Waals surface area contributed by atoms with Crippen molar-refractivity contribution in [2.24, 2.45) is 0 Å². The minimum atomic E-state index is 0.455. The number of nitrogens with zero attached hydrogens (tertiary/aromatic N) is 3. The average Bonchev–Trinajstić information content (AvgIpc) is 3.51. The highest BCUT2D eigenvalue weighted by atomic mass is 15.0. The second-order valence-electron chi connectivity index (χ2n) is 12.3. The van der Waals surface area contributed by atoms with Crippen molar-refractivity contribution >= 4 is 43.4 Å². The molecule has 0 aliphatic heterocycles. The van der Waals surface area contributed by atoms with Crippen LogP contribution < -0.4 is 0 Å². The summed E-state index contributed by atoms with van der Waals surface area (Å²) >= 11 is 0. The highest BCUT2D eigenvalue weighted by Gasteiger charge is 2.20. The summed E-state index contributed by atoms with van der Waals surface area (Å²) in [5.74, 6) is 0. The van der Waals surface area contributed by atoms with Crippen LogP contribution in [0.15, 0.2) is 164 Å². The Morgan fingerprint density at radius 1 is 0.367 bits per heavy atom. The SMILES string of the molecule is N#Cc1cc(C#N)c(-n2c3ccccc3c3ccccc32)cc1-c1cccc(-c2c3ccccc3c(-c3ccccc3)c3ccccc23)c1. The number of rotatable bonds is 4. The fourth-order valence-electron chi connectivity index (χ4n) is 7.57. The minimum Gasteiger partial charge on any atom is -0.308 e. The molecular formula is C46H27N3. The number of fused-ring (bicyclic) bond motifs is 5. The Morgan fingerprint density at radius 3 is 1.37 bits per heavy atom. The van der Waals surface area contributed by atoms with Crippen molar-refractivity contribution in [2.45, 2.75) is 0 Å². The van der Waals surface area contributed by atoms with Crippen LogP contribution in [0.2, 0.25) is 0 Å². The summed E-state index contributed by atoms with van der Waals surface area (Å²) in [6.45, 7) is 0. The molecule has 0 bridgehead atoms. The van der Waals surface area contributed by atoms with Crippen molar-refractivity contribution < 1.29 is 0 Å². The summed E-state index contributed by atoms with van der Waals surface area (Å²) in [6.07, 6.45) is 0. The molecule has 1 heterocycles. The molecule has 3 nitrogen and oxygen atoms in total. The highest BCUT2D eigenvalue weighted by molar-refractivity contribution is 6.21. The zero-order chi connectivity index (χ0) is 32.9. The van der Waals surface area contributed by atoms with Crippen LogP contribution >= 0.6 is 0 Å². The van der Waals surface area contributed by atoms with Gasteiger partial charge in [-0.3, -0.25) is 0 Å². The van der Waals surface area contributed by atoms with Gasteiger partial charge < -0.3 is 4.57 Å². The summed E-state index contributed by atoms with van der Waals surface area (Å²) in [5, 5.41) is 27.7. The number of nitriles is 2. The third-order valence-corrected chi connectivity index (χ3v) is 9.65. The first kappa shape index (κ1) is 28.3. The van der Waals surface area contributed by atoms with Crippen molar-refractivity contribution in [3.63, 3.8) is 0 Å². The Bertz CT molecular complexity index is 2740. The van der Waals surface area contributed by atoms with Gasteiger partial charge in [-0.15, -0.1) is 0 Å². The molecular weight excluding hydrogens is 595 g/mol. The van der Waals surface area contributed by atoms with Crippen LogP contribution in [0.25, 0.3) is 82.4 Å². The van der Waals surface area contributed by atoms with Gasteiger partial charge in [-0.1, -0.05) is 133 Å². The van der Waals surface area contributed by atoms with E-state index in [4.69, 9.17) is 0 Å². The normalized spacial score (nSPS) is 11.2. The minimum absolute atomic E-state index is 0.455. The zero-order valence-electron chi connectivity index (χ0n) is 26.4. The maximum Gasteiger partial charge on any atom is 0.101 e. The van der Waals surface area contributed by atoms with Gasteiger partial charge in [-0.25, -0.2) is 0 Å². The van der Waals surface area contributed by atoms with E-state index in [1.807, 2.05) is 30.3 Å². The van der Waals surface area contributed by atoms with Crippen LogP contribution in [0.1, 0.15) is 11.1 Å². The molecule has 0 N–H and O–H groups in total. The monoisotopic (exact) mass is 621 g/mol. The number of para-hydroxylation sites is 2. The van der Waals surface area contributed by atoms with Crippen molar-refractivity contribution in [3.8, 4) is 51.2 Å². The van der Waals surface area contributed by atoms with Gasteiger partial charge in [0.15, 0.2) is 0 Å². The third kappa shape index (κ3) is 4.42. The van der Waals surface area contributed by atoms with E-state index in [0.29, 0.717) is 11.1 Å². The molecule has 0 radical (unpaired) electrons. The molecule has 0 saturated carbocycles. The van der Waals surface area contributed by atoms with E-state index in [-0.39, 0.29) is 0 Å². The molecule has 1 aromatic heterocycles. The van der Waals surface area contributed by atoms with Gasteiger partial charge in [-0.2, -0.15) is 10.5 Å². The maximum absolute atomic E-state index is 10.4. The van der Waals surface area contributed by atoms with Crippen LogP contribution in [0.4, 0.5) is 0 Å². The predicted molar refractivity (Wildman–Crippen MR) is 202 cm³/mol. The van der Waals surface area contributed by atoms with Gasteiger partial charge >= 0.3 is 0 Å². The van der Waals surface area contributed by atoms with Crippen molar-refractivity contribution in [3.05, 3.63) is 175 Å².